The van der Waals surface area contributed by atoms with Crippen molar-refractivity contribution < 1.29 is 0 Å². The van der Waals surface area contributed by atoms with Crippen molar-refractivity contribution in [2.24, 2.45) is 0 Å². The second-order valence-electron chi connectivity index (χ2n) is 15.9. The van der Waals surface area contributed by atoms with Crippen molar-refractivity contribution >= 4 is 67.6 Å². The molecule has 0 amide bonds. The Morgan fingerprint density at radius 2 is 1.05 bits per heavy atom. The molecule has 0 saturated heterocycles. The molecule has 7 heteroatoms. The summed E-state index contributed by atoms with van der Waals surface area (Å²) in [6.45, 7) is 4.15. The van der Waals surface area contributed by atoms with Crippen LogP contribution in [0.1, 0.15) is 11.1 Å². The van der Waals surface area contributed by atoms with E-state index in [1.54, 1.807) is 0 Å². The molecule has 65 heavy (non-hydrogen) atoms. The summed E-state index contributed by atoms with van der Waals surface area (Å²) in [6, 6.07) is 70.6. The Labute approximate surface area is 376 Å². The number of nitrogens with one attached hydrogen (secondary N) is 3. The number of aromatic nitrogens is 4. The third kappa shape index (κ3) is 7.47. The summed E-state index contributed by atoms with van der Waals surface area (Å²) in [5.41, 5.74) is 13.2. The van der Waals surface area contributed by atoms with Gasteiger partial charge in [-0.15, -0.1) is 0 Å². The molecule has 0 spiro atoms. The van der Waals surface area contributed by atoms with Crippen LogP contribution in [-0.4, -0.2) is 25.7 Å². The Hall–Kier alpha value is -8.94. The van der Waals surface area contributed by atoms with Gasteiger partial charge in [0.1, 0.15) is 0 Å². The highest BCUT2D eigenvalue weighted by Crippen LogP contribution is 2.40. The maximum Gasteiger partial charge on any atom is 0.164 e. The molecular weight excluding hydrogens is 795 g/mol. The Kier molecular flexibility index (Phi) is 10.0. The van der Waals surface area contributed by atoms with Crippen molar-refractivity contribution in [3.63, 3.8) is 0 Å². The van der Waals surface area contributed by atoms with Gasteiger partial charge >= 0.3 is 0 Å². The van der Waals surface area contributed by atoms with Crippen LogP contribution < -0.4 is 10.6 Å². The van der Waals surface area contributed by atoms with Gasteiger partial charge in [0.2, 0.25) is 0 Å². The summed E-state index contributed by atoms with van der Waals surface area (Å²) in [4.78, 5) is 15.1. The van der Waals surface area contributed by atoms with Crippen molar-refractivity contribution in [1.29, 1.82) is 5.41 Å². The van der Waals surface area contributed by atoms with Crippen molar-refractivity contribution in [1.82, 2.24) is 19.5 Å². The van der Waals surface area contributed by atoms with Crippen LogP contribution >= 0.6 is 0 Å². The fourth-order valence-electron chi connectivity index (χ4n) is 8.68. The van der Waals surface area contributed by atoms with E-state index >= 15 is 0 Å². The van der Waals surface area contributed by atoms with Gasteiger partial charge < -0.3 is 20.6 Å². The Bertz CT molecular complexity index is 3520. The van der Waals surface area contributed by atoms with E-state index in [1.807, 2.05) is 97.1 Å². The van der Waals surface area contributed by atoms with Crippen LogP contribution in [0.25, 0.3) is 89.6 Å². The summed E-state index contributed by atoms with van der Waals surface area (Å²) in [5, 5.41) is 20.6. The predicted molar refractivity (Wildman–Crippen MR) is 271 cm³/mol. The molecule has 0 aliphatic carbocycles. The maximum atomic E-state index is 8.99. The van der Waals surface area contributed by atoms with E-state index in [-0.39, 0.29) is 0 Å². The maximum absolute atomic E-state index is 8.99. The largest absolute Gasteiger partial charge is 0.355 e. The van der Waals surface area contributed by atoms with E-state index in [0.29, 0.717) is 17.5 Å². The van der Waals surface area contributed by atoms with Gasteiger partial charge in [0.05, 0.1) is 11.0 Å². The lowest BCUT2D eigenvalue weighted by Crippen LogP contribution is -2.02. The molecule has 11 aromatic rings. The van der Waals surface area contributed by atoms with Crippen molar-refractivity contribution in [3.8, 4) is 51.0 Å². The van der Waals surface area contributed by atoms with Crippen molar-refractivity contribution in [2.45, 2.75) is 0 Å². The van der Waals surface area contributed by atoms with E-state index in [4.69, 9.17) is 20.4 Å². The lowest BCUT2D eigenvalue weighted by Gasteiger charge is -2.15. The quantitative estimate of drug-likeness (QED) is 0.113. The number of para-hydroxylation sites is 1. The highest BCUT2D eigenvalue weighted by atomic mass is 15.0. The molecule has 0 bridgehead atoms. The topological polar surface area (TPSA) is 91.5 Å². The number of nitrogens with zero attached hydrogens (tertiary/aromatic N) is 4. The number of benzene rings is 9. The Morgan fingerprint density at radius 1 is 0.446 bits per heavy atom. The first kappa shape index (κ1) is 38.9. The summed E-state index contributed by atoms with van der Waals surface area (Å²) in [7, 11) is 0. The van der Waals surface area contributed by atoms with Gasteiger partial charge in [-0.3, -0.25) is 0 Å². The summed E-state index contributed by atoms with van der Waals surface area (Å²) >= 11 is 0. The third-order valence-electron chi connectivity index (χ3n) is 11.9. The minimum absolute atomic E-state index is 0.566. The molecule has 0 radical (unpaired) electrons. The van der Waals surface area contributed by atoms with Gasteiger partial charge in [-0.05, 0) is 94.2 Å². The fraction of sp³-hybridized carbons (Fsp3) is 0. The minimum atomic E-state index is 0.566. The minimum Gasteiger partial charge on any atom is -0.355 e. The van der Waals surface area contributed by atoms with E-state index in [0.717, 1.165) is 94.6 Å². The van der Waals surface area contributed by atoms with Crippen molar-refractivity contribution in [2.75, 3.05) is 10.6 Å². The standard InChI is InChI=1S/C58H41N7/c1-2-38-33-43(26-30-52(38)60-46-22-10-5-11-23-46)44-27-32-54-50(36-44)49-29-31-53(61-47-28-25-39-15-12-13-20-42(39)34-47)51(37-59)55(49)65(54)48-24-14-21-45(35-48)58-63-56(40-16-6-3-7-17-40)62-57(64-58)41-18-8-4-9-19-41/h2-37,59-61H,1H2. The normalized spacial score (nSPS) is 11.2. The molecule has 0 aliphatic heterocycles. The van der Waals surface area contributed by atoms with E-state index in [9.17, 15) is 0 Å². The molecule has 11 rings (SSSR count). The highest BCUT2D eigenvalue weighted by molar-refractivity contribution is 6.17. The highest BCUT2D eigenvalue weighted by Gasteiger charge is 2.20. The van der Waals surface area contributed by atoms with Crippen LogP contribution in [0.5, 0.6) is 0 Å². The zero-order valence-corrected chi connectivity index (χ0v) is 35.3. The van der Waals surface area contributed by atoms with Crippen LogP contribution in [0.4, 0.5) is 22.7 Å². The summed E-state index contributed by atoms with van der Waals surface area (Å²) < 4.78 is 2.27. The van der Waals surface area contributed by atoms with Crippen LogP contribution in [0.2, 0.25) is 0 Å². The van der Waals surface area contributed by atoms with Gasteiger partial charge in [-0.1, -0.05) is 152 Å². The van der Waals surface area contributed by atoms with Gasteiger partial charge in [0.25, 0.3) is 0 Å². The average Bonchev–Trinajstić information content (AvgIpc) is 3.71. The van der Waals surface area contributed by atoms with Gasteiger partial charge in [0.15, 0.2) is 17.5 Å². The molecule has 0 unspecified atom stereocenters. The van der Waals surface area contributed by atoms with E-state index in [2.05, 4.69) is 137 Å². The third-order valence-corrected chi connectivity index (χ3v) is 11.9. The Morgan fingerprint density at radius 3 is 1.75 bits per heavy atom. The number of rotatable bonds is 11. The van der Waals surface area contributed by atoms with Crippen LogP contribution in [0, 0.1) is 5.41 Å². The molecule has 2 heterocycles. The first-order valence-corrected chi connectivity index (χ1v) is 21.5. The van der Waals surface area contributed by atoms with Crippen LogP contribution in [0.3, 0.4) is 0 Å². The molecule has 7 nitrogen and oxygen atoms in total. The molecule has 9 aromatic carbocycles. The van der Waals surface area contributed by atoms with Crippen molar-refractivity contribution in [3.05, 3.63) is 224 Å². The molecule has 0 atom stereocenters. The monoisotopic (exact) mass is 835 g/mol. The SMILES string of the molecule is C=Cc1cc(-c2ccc3c(c2)c2ccc(Nc4ccc5ccccc5c4)c(C=N)c2n3-c2cccc(-c3nc(-c4ccccc4)nc(-c4ccccc4)n3)c2)ccc1Nc1ccccc1. The molecule has 2 aromatic heterocycles. The lowest BCUT2D eigenvalue weighted by atomic mass is 9.99. The average molecular weight is 836 g/mol. The van der Waals surface area contributed by atoms with Gasteiger partial charge in [0, 0.05) is 67.7 Å². The molecule has 3 N–H and O–H groups in total. The molecular formula is C58H41N7. The summed E-state index contributed by atoms with van der Waals surface area (Å²) in [5.74, 6) is 1.77. The fourth-order valence-corrected chi connectivity index (χ4v) is 8.68. The molecule has 0 fully saturated rings. The first-order chi connectivity index (χ1) is 32.1. The number of anilines is 4. The summed E-state index contributed by atoms with van der Waals surface area (Å²) in [6.07, 6.45) is 3.36. The number of hydrogen-bond acceptors (Lipinski definition) is 6. The number of hydrogen-bond donors (Lipinski definition) is 3. The first-order valence-electron chi connectivity index (χ1n) is 21.5. The van der Waals surface area contributed by atoms with E-state index < -0.39 is 0 Å². The second kappa shape index (κ2) is 16.7. The zero-order chi connectivity index (χ0) is 43.7. The Balaban J connectivity index is 1.09. The molecule has 308 valence electrons. The van der Waals surface area contributed by atoms with Gasteiger partial charge in [-0.25, -0.2) is 15.0 Å². The predicted octanol–water partition coefficient (Wildman–Crippen LogP) is 14.9. The van der Waals surface area contributed by atoms with Crippen LogP contribution in [-0.2, 0) is 0 Å². The molecule has 0 saturated carbocycles. The van der Waals surface area contributed by atoms with Gasteiger partial charge in [-0.2, -0.15) is 0 Å². The van der Waals surface area contributed by atoms with E-state index in [1.165, 1.54) is 11.6 Å². The van der Waals surface area contributed by atoms with Crippen LogP contribution in [0.15, 0.2) is 213 Å². The second-order valence-corrected chi connectivity index (χ2v) is 15.9. The molecule has 0 aliphatic rings. The number of fused-ring (bicyclic) bond motifs is 4. The lowest BCUT2D eigenvalue weighted by molar-refractivity contribution is 1.07. The zero-order valence-electron chi connectivity index (χ0n) is 35.3. The smallest absolute Gasteiger partial charge is 0.164 e.